The molecule has 0 aliphatic carbocycles. The van der Waals surface area contributed by atoms with Crippen molar-refractivity contribution < 1.29 is 9.59 Å². The van der Waals surface area contributed by atoms with Gasteiger partial charge in [-0.1, -0.05) is 55.6 Å². The number of carbonyl (C=O) groups excluding carboxylic acids is 2. The second-order valence-electron chi connectivity index (χ2n) is 6.67. The zero-order chi connectivity index (χ0) is 19.6. The average Bonchev–Trinajstić information content (AvgIpc) is 2.67. The molecule has 0 aliphatic heterocycles. The largest absolute Gasteiger partial charge is 0.352 e. The maximum atomic E-state index is 13.0. The molecule has 0 saturated carbocycles. The van der Waals surface area contributed by atoms with E-state index < -0.39 is 0 Å². The number of halogens is 1. The molecule has 0 bridgehead atoms. The lowest BCUT2D eigenvalue weighted by molar-refractivity contribution is -0.119. The fourth-order valence-electron chi connectivity index (χ4n) is 2.79. The Labute approximate surface area is 166 Å². The van der Waals surface area contributed by atoms with Gasteiger partial charge >= 0.3 is 0 Å². The quantitative estimate of drug-likeness (QED) is 0.629. The van der Waals surface area contributed by atoms with Crippen molar-refractivity contribution in [1.82, 2.24) is 10.2 Å². The van der Waals surface area contributed by atoms with Gasteiger partial charge in [0.1, 0.15) is 0 Å². The van der Waals surface area contributed by atoms with Gasteiger partial charge in [0.25, 0.3) is 5.91 Å². The third-order valence-electron chi connectivity index (χ3n) is 4.35. The van der Waals surface area contributed by atoms with E-state index >= 15 is 0 Å². The van der Waals surface area contributed by atoms with Gasteiger partial charge in [0.15, 0.2) is 0 Å². The van der Waals surface area contributed by atoms with Crippen LogP contribution in [-0.4, -0.2) is 23.3 Å². The van der Waals surface area contributed by atoms with E-state index in [1.165, 1.54) is 6.92 Å². The van der Waals surface area contributed by atoms with Crippen LogP contribution in [0.25, 0.3) is 0 Å². The van der Waals surface area contributed by atoms with Crippen LogP contribution in [0.1, 0.15) is 54.6 Å². The Bertz CT molecular complexity index is 742. The molecule has 2 rings (SSSR count). The van der Waals surface area contributed by atoms with Crippen molar-refractivity contribution in [3.05, 3.63) is 70.2 Å². The van der Waals surface area contributed by atoms with E-state index in [1.54, 1.807) is 0 Å². The predicted molar refractivity (Wildman–Crippen MR) is 110 cm³/mol. The number of carbonyl (C=O) groups is 2. The van der Waals surface area contributed by atoms with Crippen molar-refractivity contribution in [2.24, 2.45) is 0 Å². The summed E-state index contributed by atoms with van der Waals surface area (Å²) in [7, 11) is 0. The summed E-state index contributed by atoms with van der Waals surface area (Å²) in [4.78, 5) is 25.9. The highest BCUT2D eigenvalue weighted by molar-refractivity contribution is 6.30. The predicted octanol–water partition coefficient (Wildman–Crippen LogP) is 4.81. The van der Waals surface area contributed by atoms with Crippen LogP contribution in [-0.2, 0) is 17.9 Å². The number of unbranched alkanes of at least 4 members (excludes halogenated alkanes) is 2. The van der Waals surface area contributed by atoms with E-state index in [1.807, 2.05) is 53.4 Å². The van der Waals surface area contributed by atoms with E-state index in [0.29, 0.717) is 23.7 Å². The molecule has 27 heavy (non-hydrogen) atoms. The summed E-state index contributed by atoms with van der Waals surface area (Å²) in [5.74, 6) is -0.0488. The number of hydrogen-bond donors (Lipinski definition) is 1. The summed E-state index contributed by atoms with van der Waals surface area (Å²) in [5.41, 5.74) is 2.69. The summed E-state index contributed by atoms with van der Waals surface area (Å²) < 4.78 is 0. The van der Waals surface area contributed by atoms with E-state index in [9.17, 15) is 9.59 Å². The maximum absolute atomic E-state index is 13.0. The molecule has 0 atom stereocenters. The third-order valence-corrected chi connectivity index (χ3v) is 4.60. The third kappa shape index (κ3) is 7.06. The van der Waals surface area contributed by atoms with Crippen LogP contribution in [0.15, 0.2) is 48.5 Å². The molecule has 0 saturated heterocycles. The number of nitrogens with one attached hydrogen (secondary N) is 1. The second-order valence-corrected chi connectivity index (χ2v) is 7.10. The zero-order valence-electron chi connectivity index (χ0n) is 16.0. The summed E-state index contributed by atoms with van der Waals surface area (Å²) in [6.45, 7) is 5.40. The second kappa shape index (κ2) is 10.7. The lowest BCUT2D eigenvalue weighted by Gasteiger charge is -2.23. The number of hydrogen-bond acceptors (Lipinski definition) is 2. The molecule has 1 N–H and O–H groups in total. The van der Waals surface area contributed by atoms with Crippen molar-refractivity contribution in [2.75, 3.05) is 6.54 Å². The molecular weight excluding hydrogens is 360 g/mol. The van der Waals surface area contributed by atoms with Crippen LogP contribution in [0.3, 0.4) is 0 Å². The van der Waals surface area contributed by atoms with Crippen LogP contribution in [0.5, 0.6) is 0 Å². The lowest BCUT2D eigenvalue weighted by atomic mass is 10.1. The van der Waals surface area contributed by atoms with Crippen LogP contribution in [0, 0.1) is 0 Å². The number of benzene rings is 2. The number of amides is 2. The van der Waals surface area contributed by atoms with E-state index in [-0.39, 0.29) is 11.8 Å². The van der Waals surface area contributed by atoms with Gasteiger partial charge in [-0.2, -0.15) is 0 Å². The monoisotopic (exact) mass is 386 g/mol. The molecule has 2 aromatic rings. The minimum Gasteiger partial charge on any atom is -0.352 e. The molecule has 0 aromatic heterocycles. The molecule has 0 fully saturated rings. The van der Waals surface area contributed by atoms with Gasteiger partial charge < -0.3 is 10.2 Å². The van der Waals surface area contributed by atoms with Crippen molar-refractivity contribution in [1.29, 1.82) is 0 Å². The Balaban J connectivity index is 2.09. The van der Waals surface area contributed by atoms with Gasteiger partial charge in [-0.05, 0) is 41.8 Å². The van der Waals surface area contributed by atoms with Crippen LogP contribution >= 0.6 is 11.6 Å². The van der Waals surface area contributed by atoms with Crippen LogP contribution in [0.4, 0.5) is 0 Å². The van der Waals surface area contributed by atoms with Crippen molar-refractivity contribution in [3.63, 3.8) is 0 Å². The molecule has 2 amide bonds. The van der Waals surface area contributed by atoms with Gasteiger partial charge in [0, 0.05) is 37.1 Å². The van der Waals surface area contributed by atoms with Gasteiger partial charge in [0.05, 0.1) is 0 Å². The molecular formula is C22H27ClN2O2. The average molecular weight is 387 g/mol. The molecule has 0 aliphatic rings. The zero-order valence-corrected chi connectivity index (χ0v) is 16.8. The van der Waals surface area contributed by atoms with E-state index in [2.05, 4.69) is 12.2 Å². The molecule has 5 heteroatoms. The van der Waals surface area contributed by atoms with E-state index in [0.717, 1.165) is 36.9 Å². The fraction of sp³-hybridized carbons (Fsp3) is 0.364. The highest BCUT2D eigenvalue weighted by atomic mass is 35.5. The van der Waals surface area contributed by atoms with Crippen LogP contribution < -0.4 is 5.32 Å². The summed E-state index contributed by atoms with van der Waals surface area (Å²) in [6.07, 6.45) is 3.19. The highest BCUT2D eigenvalue weighted by Gasteiger charge is 2.16. The first-order valence-corrected chi connectivity index (χ1v) is 9.74. The molecule has 0 radical (unpaired) electrons. The Morgan fingerprint density at radius 3 is 2.19 bits per heavy atom. The Morgan fingerprint density at radius 2 is 1.59 bits per heavy atom. The first-order chi connectivity index (χ1) is 13.0. The van der Waals surface area contributed by atoms with Gasteiger partial charge in [-0.25, -0.2) is 0 Å². The molecule has 0 unspecified atom stereocenters. The smallest absolute Gasteiger partial charge is 0.254 e. The molecule has 4 nitrogen and oxygen atoms in total. The first kappa shape index (κ1) is 21.0. The summed E-state index contributed by atoms with van der Waals surface area (Å²) in [5, 5.41) is 3.45. The first-order valence-electron chi connectivity index (χ1n) is 9.36. The maximum Gasteiger partial charge on any atom is 0.254 e. The fourth-order valence-corrected chi connectivity index (χ4v) is 2.92. The number of rotatable bonds is 9. The minimum atomic E-state index is -0.0692. The van der Waals surface area contributed by atoms with Crippen molar-refractivity contribution in [3.8, 4) is 0 Å². The Kier molecular flexibility index (Phi) is 8.34. The summed E-state index contributed by atoms with van der Waals surface area (Å²) in [6, 6.07) is 15.0. The summed E-state index contributed by atoms with van der Waals surface area (Å²) >= 11 is 5.96. The topological polar surface area (TPSA) is 49.4 Å². The van der Waals surface area contributed by atoms with E-state index in [4.69, 9.17) is 11.6 Å². The standard InChI is InChI=1S/C22H27ClN2O2/c1-3-4-5-14-25(16-19-8-12-21(23)13-9-19)22(27)20-10-6-18(7-11-20)15-24-17(2)26/h6-13H,3-5,14-16H2,1-2H3,(H,24,26). The SMILES string of the molecule is CCCCCN(Cc1ccc(Cl)cc1)C(=O)c1ccc(CNC(C)=O)cc1. The van der Waals surface area contributed by atoms with Gasteiger partial charge in [-0.3, -0.25) is 9.59 Å². The normalized spacial score (nSPS) is 10.5. The Morgan fingerprint density at radius 1 is 0.963 bits per heavy atom. The molecule has 144 valence electrons. The molecule has 2 aromatic carbocycles. The molecule has 0 heterocycles. The number of nitrogens with zero attached hydrogens (tertiary/aromatic N) is 1. The van der Waals surface area contributed by atoms with Crippen molar-refractivity contribution in [2.45, 2.75) is 46.2 Å². The van der Waals surface area contributed by atoms with Gasteiger partial charge in [-0.15, -0.1) is 0 Å². The lowest BCUT2D eigenvalue weighted by Crippen LogP contribution is -2.31. The van der Waals surface area contributed by atoms with Gasteiger partial charge in [0.2, 0.25) is 5.91 Å². The van der Waals surface area contributed by atoms with Crippen LogP contribution in [0.2, 0.25) is 5.02 Å². The molecule has 0 spiro atoms. The minimum absolute atomic E-state index is 0.0205. The Hall–Kier alpha value is -2.33. The van der Waals surface area contributed by atoms with Crippen molar-refractivity contribution >= 4 is 23.4 Å². The highest BCUT2D eigenvalue weighted by Crippen LogP contribution is 2.15.